The van der Waals surface area contributed by atoms with Crippen LogP contribution in [0.15, 0.2) is 24.3 Å². The highest BCUT2D eigenvalue weighted by molar-refractivity contribution is 5.88. The van der Waals surface area contributed by atoms with Gasteiger partial charge in [-0.3, -0.25) is 4.84 Å². The molecule has 0 unspecified atom stereocenters. The van der Waals surface area contributed by atoms with Gasteiger partial charge in [0.05, 0.1) is 13.7 Å². The van der Waals surface area contributed by atoms with Gasteiger partial charge in [-0.1, -0.05) is 12.1 Å². The number of aliphatic hydroxyl groups excluding tert-OH is 1. The molecule has 0 saturated heterocycles. The lowest BCUT2D eigenvalue weighted by molar-refractivity contribution is -0.0598. The van der Waals surface area contributed by atoms with Gasteiger partial charge in [0.15, 0.2) is 0 Å². The van der Waals surface area contributed by atoms with Crippen LogP contribution in [0.5, 0.6) is 0 Å². The molecule has 2 amide bonds. The maximum Gasteiger partial charge on any atom is 0.345 e. The van der Waals surface area contributed by atoms with E-state index < -0.39 is 0 Å². The summed E-state index contributed by atoms with van der Waals surface area (Å²) in [6, 6.07) is 6.60. The summed E-state index contributed by atoms with van der Waals surface area (Å²) < 4.78 is 0. The minimum atomic E-state index is -0.368. The van der Waals surface area contributed by atoms with Gasteiger partial charge in [0, 0.05) is 12.7 Å². The van der Waals surface area contributed by atoms with E-state index in [1.54, 1.807) is 24.3 Å². The molecular formula is C10H14N2O3. The van der Waals surface area contributed by atoms with Crippen LogP contribution in [0.1, 0.15) is 5.56 Å². The Balaban J connectivity index is 2.68. The van der Waals surface area contributed by atoms with Crippen molar-refractivity contribution in [2.75, 3.05) is 19.5 Å². The summed E-state index contributed by atoms with van der Waals surface area (Å²) in [5.74, 6) is 0. The van der Waals surface area contributed by atoms with E-state index in [0.717, 1.165) is 10.6 Å². The highest BCUT2D eigenvalue weighted by atomic mass is 16.7. The molecule has 15 heavy (non-hydrogen) atoms. The molecule has 1 aromatic rings. The Kier molecular flexibility index (Phi) is 4.08. The number of nitrogens with one attached hydrogen (secondary N) is 1. The minimum absolute atomic E-state index is 0.0518. The fourth-order valence-electron chi connectivity index (χ4n) is 1.03. The van der Waals surface area contributed by atoms with Crippen LogP contribution in [0.25, 0.3) is 0 Å². The quantitative estimate of drug-likeness (QED) is 0.737. The van der Waals surface area contributed by atoms with Crippen LogP contribution in [0, 0.1) is 0 Å². The van der Waals surface area contributed by atoms with Crippen molar-refractivity contribution in [2.24, 2.45) is 0 Å². The second kappa shape index (κ2) is 5.33. The molecule has 5 nitrogen and oxygen atoms in total. The summed E-state index contributed by atoms with van der Waals surface area (Å²) in [5, 5.41) is 12.6. The highest BCUT2D eigenvalue weighted by Crippen LogP contribution is 2.10. The zero-order valence-electron chi connectivity index (χ0n) is 8.73. The molecular weight excluding hydrogens is 196 g/mol. The van der Waals surface area contributed by atoms with Gasteiger partial charge in [-0.05, 0) is 17.7 Å². The second-order valence-electron chi connectivity index (χ2n) is 2.97. The zero-order valence-corrected chi connectivity index (χ0v) is 8.73. The van der Waals surface area contributed by atoms with Crippen molar-refractivity contribution in [3.05, 3.63) is 29.8 Å². The maximum atomic E-state index is 11.4. The van der Waals surface area contributed by atoms with E-state index in [1.807, 2.05) is 0 Å². The number of carbonyl (C=O) groups is 1. The molecule has 0 aromatic heterocycles. The standard InChI is InChI=1S/C10H14N2O3/c1-12(15-2)10(14)11-9-5-3-4-8(6-9)7-13/h3-6,13H,7H2,1-2H3,(H,11,14). The average molecular weight is 210 g/mol. The van der Waals surface area contributed by atoms with Crippen molar-refractivity contribution in [2.45, 2.75) is 6.61 Å². The molecule has 0 fully saturated rings. The molecule has 0 aliphatic heterocycles. The molecule has 0 saturated carbocycles. The molecule has 0 radical (unpaired) electrons. The van der Waals surface area contributed by atoms with Crippen molar-refractivity contribution in [3.8, 4) is 0 Å². The van der Waals surface area contributed by atoms with E-state index in [2.05, 4.69) is 5.32 Å². The number of amides is 2. The zero-order chi connectivity index (χ0) is 11.3. The lowest BCUT2D eigenvalue weighted by Gasteiger charge is -2.14. The van der Waals surface area contributed by atoms with E-state index in [9.17, 15) is 4.79 Å². The number of hydrogen-bond donors (Lipinski definition) is 2. The van der Waals surface area contributed by atoms with Crippen LogP contribution in [-0.2, 0) is 11.4 Å². The number of aliphatic hydroxyl groups is 1. The Morgan fingerprint density at radius 3 is 2.93 bits per heavy atom. The van der Waals surface area contributed by atoms with Gasteiger partial charge in [-0.2, -0.15) is 0 Å². The Morgan fingerprint density at radius 1 is 1.60 bits per heavy atom. The number of anilines is 1. The molecule has 0 spiro atoms. The van der Waals surface area contributed by atoms with Crippen LogP contribution in [-0.4, -0.2) is 30.4 Å². The molecule has 0 aliphatic rings. The van der Waals surface area contributed by atoms with Gasteiger partial charge in [-0.25, -0.2) is 9.86 Å². The third-order valence-electron chi connectivity index (χ3n) is 1.92. The first-order valence-corrected chi connectivity index (χ1v) is 4.46. The molecule has 0 heterocycles. The summed E-state index contributed by atoms with van der Waals surface area (Å²) in [4.78, 5) is 16.1. The largest absolute Gasteiger partial charge is 0.392 e. The van der Waals surface area contributed by atoms with E-state index in [1.165, 1.54) is 14.2 Å². The van der Waals surface area contributed by atoms with Gasteiger partial charge in [0.2, 0.25) is 0 Å². The van der Waals surface area contributed by atoms with Crippen LogP contribution in [0.3, 0.4) is 0 Å². The minimum Gasteiger partial charge on any atom is -0.392 e. The van der Waals surface area contributed by atoms with E-state index in [4.69, 9.17) is 9.94 Å². The summed E-state index contributed by atoms with van der Waals surface area (Å²) in [7, 11) is 2.91. The fraction of sp³-hybridized carbons (Fsp3) is 0.300. The second-order valence-corrected chi connectivity index (χ2v) is 2.97. The summed E-state index contributed by atoms with van der Waals surface area (Å²) in [6.07, 6.45) is 0. The normalized spacial score (nSPS) is 9.80. The van der Waals surface area contributed by atoms with Gasteiger partial charge in [0.25, 0.3) is 0 Å². The van der Waals surface area contributed by atoms with E-state index >= 15 is 0 Å². The molecule has 2 N–H and O–H groups in total. The third kappa shape index (κ3) is 3.23. The molecule has 0 atom stereocenters. The Hall–Kier alpha value is -1.59. The summed E-state index contributed by atoms with van der Waals surface area (Å²) >= 11 is 0. The van der Waals surface area contributed by atoms with Crippen LogP contribution >= 0.6 is 0 Å². The average Bonchev–Trinajstić information content (AvgIpc) is 2.28. The Labute approximate surface area is 88.2 Å². The van der Waals surface area contributed by atoms with E-state index in [-0.39, 0.29) is 12.6 Å². The first-order valence-electron chi connectivity index (χ1n) is 4.46. The van der Waals surface area contributed by atoms with Crippen LogP contribution in [0.4, 0.5) is 10.5 Å². The monoisotopic (exact) mass is 210 g/mol. The van der Waals surface area contributed by atoms with Crippen molar-refractivity contribution in [1.82, 2.24) is 5.06 Å². The molecule has 82 valence electrons. The first kappa shape index (κ1) is 11.5. The highest BCUT2D eigenvalue weighted by Gasteiger charge is 2.07. The van der Waals surface area contributed by atoms with Crippen LogP contribution < -0.4 is 5.32 Å². The lowest BCUT2D eigenvalue weighted by Crippen LogP contribution is -2.30. The number of rotatable bonds is 3. The fourth-order valence-corrected chi connectivity index (χ4v) is 1.03. The molecule has 1 rings (SSSR count). The Bertz CT molecular complexity index is 341. The van der Waals surface area contributed by atoms with Crippen molar-refractivity contribution >= 4 is 11.7 Å². The molecule has 1 aromatic carbocycles. The smallest absolute Gasteiger partial charge is 0.345 e. The lowest BCUT2D eigenvalue weighted by atomic mass is 10.2. The number of urea groups is 1. The van der Waals surface area contributed by atoms with Crippen molar-refractivity contribution in [3.63, 3.8) is 0 Å². The predicted molar refractivity (Wildman–Crippen MR) is 56.2 cm³/mol. The van der Waals surface area contributed by atoms with Crippen molar-refractivity contribution < 1.29 is 14.7 Å². The number of hydrogen-bond acceptors (Lipinski definition) is 3. The third-order valence-corrected chi connectivity index (χ3v) is 1.92. The van der Waals surface area contributed by atoms with Gasteiger partial charge >= 0.3 is 6.03 Å². The summed E-state index contributed by atoms with van der Waals surface area (Å²) in [6.45, 7) is -0.0518. The first-order chi connectivity index (χ1) is 7.17. The van der Waals surface area contributed by atoms with Gasteiger partial charge < -0.3 is 10.4 Å². The predicted octanol–water partition coefficient (Wildman–Crippen LogP) is 1.20. The number of carbonyl (C=O) groups excluding carboxylic acids is 1. The molecule has 0 bridgehead atoms. The number of nitrogens with zero attached hydrogens (tertiary/aromatic N) is 1. The van der Waals surface area contributed by atoms with Gasteiger partial charge in [-0.15, -0.1) is 0 Å². The van der Waals surface area contributed by atoms with Crippen LogP contribution in [0.2, 0.25) is 0 Å². The van der Waals surface area contributed by atoms with Gasteiger partial charge in [0.1, 0.15) is 0 Å². The number of hydroxylamine groups is 2. The topological polar surface area (TPSA) is 61.8 Å². The van der Waals surface area contributed by atoms with E-state index in [0.29, 0.717) is 5.69 Å². The number of benzene rings is 1. The SMILES string of the molecule is CON(C)C(=O)Nc1cccc(CO)c1. The summed E-state index contributed by atoms with van der Waals surface area (Å²) in [5.41, 5.74) is 1.36. The maximum absolute atomic E-state index is 11.4. The molecule has 0 aliphatic carbocycles. The van der Waals surface area contributed by atoms with Crippen molar-refractivity contribution in [1.29, 1.82) is 0 Å². The molecule has 5 heteroatoms. The Morgan fingerprint density at radius 2 is 2.33 bits per heavy atom.